The largest absolute Gasteiger partial charge is 0.399 e. The van der Waals surface area contributed by atoms with Gasteiger partial charge in [0, 0.05) is 17.0 Å². The van der Waals surface area contributed by atoms with E-state index in [9.17, 15) is 17.2 Å². The summed E-state index contributed by atoms with van der Waals surface area (Å²) in [4.78, 5) is 4.36. The number of hydrogen-bond donors (Lipinski definition) is 1. The lowest BCUT2D eigenvalue weighted by atomic mass is 9.86. The zero-order valence-corrected chi connectivity index (χ0v) is 13.3. The molecular weight excluding hydrogens is 310 g/mol. The van der Waals surface area contributed by atoms with E-state index >= 15 is 0 Å². The summed E-state index contributed by atoms with van der Waals surface area (Å²) >= 11 is 0. The maximum atomic E-state index is 14.3. The number of nitrogens with zero attached hydrogens (tertiary/aromatic N) is 1. The molecule has 7 heteroatoms. The molecule has 1 aromatic carbocycles. The number of aliphatic imine (C=N–C) groups is 1. The normalized spacial score (nSPS) is 36.2. The Bertz CT molecular complexity index is 778. The fourth-order valence-corrected chi connectivity index (χ4v) is 6.36. The van der Waals surface area contributed by atoms with E-state index in [0.717, 1.165) is 6.07 Å². The lowest BCUT2D eigenvalue weighted by Gasteiger charge is -2.40. The Hall–Kier alpha value is -1.50. The van der Waals surface area contributed by atoms with Gasteiger partial charge in [-0.2, -0.15) is 0 Å². The summed E-state index contributed by atoms with van der Waals surface area (Å²) in [6.45, 7) is 2.11. The van der Waals surface area contributed by atoms with Gasteiger partial charge in [0.15, 0.2) is 9.84 Å². The van der Waals surface area contributed by atoms with E-state index in [0.29, 0.717) is 12.1 Å². The Morgan fingerprint density at radius 2 is 2.14 bits per heavy atom. The predicted molar refractivity (Wildman–Crippen MR) is 81.9 cm³/mol. The molecule has 2 heterocycles. The summed E-state index contributed by atoms with van der Waals surface area (Å²) in [5, 5.41) is -1.06. The van der Waals surface area contributed by atoms with Gasteiger partial charge >= 0.3 is 0 Å². The smallest absolute Gasteiger partial charge is 0.166 e. The van der Waals surface area contributed by atoms with Crippen LogP contribution in [0.3, 0.4) is 0 Å². The van der Waals surface area contributed by atoms with Crippen LogP contribution in [0.15, 0.2) is 23.2 Å². The number of sulfone groups is 1. The third-order valence-corrected chi connectivity index (χ3v) is 8.34. The summed E-state index contributed by atoms with van der Waals surface area (Å²) in [6.07, 6.45) is 0.638. The van der Waals surface area contributed by atoms with Crippen molar-refractivity contribution in [2.24, 2.45) is 4.99 Å². The fraction of sp³-hybridized carbons (Fsp3) is 0.533. The minimum Gasteiger partial charge on any atom is -0.399 e. The minimum absolute atomic E-state index is 0.0770. The second-order valence-corrected chi connectivity index (χ2v) is 8.86. The zero-order valence-electron chi connectivity index (χ0n) is 12.4. The number of nitrogen functional groups attached to an aromatic ring is 1. The molecule has 1 fully saturated rings. The van der Waals surface area contributed by atoms with Crippen LogP contribution in [0.1, 0.15) is 32.3 Å². The number of fused-ring (bicyclic) bond motifs is 2. The van der Waals surface area contributed by atoms with E-state index in [-0.39, 0.29) is 17.7 Å². The number of halogens is 2. The average Bonchev–Trinajstić information content (AvgIpc) is 2.63. The van der Waals surface area contributed by atoms with Crippen molar-refractivity contribution in [2.75, 3.05) is 12.4 Å². The number of nitrogens with two attached hydrogens (primary N) is 1. The molecule has 4 nitrogen and oxygen atoms in total. The molecule has 0 amide bonds. The van der Waals surface area contributed by atoms with Gasteiger partial charge in [0.25, 0.3) is 0 Å². The van der Waals surface area contributed by atoms with Crippen LogP contribution in [0, 0.1) is 5.82 Å². The summed E-state index contributed by atoms with van der Waals surface area (Å²) in [6, 6.07) is 3.78. The van der Waals surface area contributed by atoms with Crippen LogP contribution >= 0.6 is 0 Å². The van der Waals surface area contributed by atoms with Gasteiger partial charge in [-0.3, -0.25) is 4.99 Å². The van der Waals surface area contributed by atoms with Crippen molar-refractivity contribution in [3.8, 4) is 0 Å². The molecule has 2 N–H and O–H groups in total. The highest BCUT2D eigenvalue weighted by Crippen LogP contribution is 2.52. The Balaban J connectivity index is 2.34. The standard InChI is InChI=1S/C15H18F2N2O2S/c1-9-14(2)6-5-13(22(14,20)21)15(8-16,19-9)11-7-10(18)3-4-12(11)17/h3-4,7,13H,5-6,8,18H2,1-2H3/t13-,14+,15-/m1/s1. The molecule has 3 rings (SSSR count). The third kappa shape index (κ3) is 1.66. The van der Waals surface area contributed by atoms with Gasteiger partial charge in [-0.15, -0.1) is 0 Å². The van der Waals surface area contributed by atoms with E-state index in [4.69, 9.17) is 5.73 Å². The maximum Gasteiger partial charge on any atom is 0.166 e. The number of rotatable bonds is 2. The number of benzene rings is 1. The molecule has 3 atom stereocenters. The van der Waals surface area contributed by atoms with Crippen LogP contribution in [-0.4, -0.2) is 30.8 Å². The number of alkyl halides is 1. The van der Waals surface area contributed by atoms with Crippen molar-refractivity contribution < 1.29 is 17.2 Å². The van der Waals surface area contributed by atoms with Gasteiger partial charge in [0.2, 0.25) is 0 Å². The highest BCUT2D eigenvalue weighted by atomic mass is 32.2. The van der Waals surface area contributed by atoms with Gasteiger partial charge in [-0.25, -0.2) is 17.2 Å². The molecule has 2 bridgehead atoms. The molecule has 0 aromatic heterocycles. The predicted octanol–water partition coefficient (Wildman–Crippen LogP) is 2.38. The summed E-state index contributed by atoms with van der Waals surface area (Å²) in [7, 11) is -3.65. The van der Waals surface area contributed by atoms with Gasteiger partial charge in [-0.05, 0) is 44.9 Å². The minimum atomic E-state index is -3.65. The van der Waals surface area contributed by atoms with Gasteiger partial charge < -0.3 is 5.73 Å². The Labute approximate surface area is 128 Å². The molecule has 0 saturated carbocycles. The van der Waals surface area contributed by atoms with E-state index < -0.39 is 37.9 Å². The molecule has 0 unspecified atom stereocenters. The molecule has 1 aromatic rings. The van der Waals surface area contributed by atoms with E-state index in [1.807, 2.05) is 0 Å². The second-order valence-electron chi connectivity index (χ2n) is 6.30. The van der Waals surface area contributed by atoms with Gasteiger partial charge in [0.05, 0.1) is 5.25 Å². The van der Waals surface area contributed by atoms with Crippen LogP contribution in [0.2, 0.25) is 0 Å². The third-order valence-electron chi connectivity index (χ3n) is 5.21. The van der Waals surface area contributed by atoms with Crippen molar-refractivity contribution in [3.63, 3.8) is 0 Å². The van der Waals surface area contributed by atoms with Crippen molar-refractivity contribution in [3.05, 3.63) is 29.6 Å². The van der Waals surface area contributed by atoms with Crippen LogP contribution in [0.25, 0.3) is 0 Å². The van der Waals surface area contributed by atoms with Gasteiger partial charge in [-0.1, -0.05) is 0 Å². The lowest BCUT2D eigenvalue weighted by Crippen LogP contribution is -2.54. The van der Waals surface area contributed by atoms with Crippen LogP contribution in [0.4, 0.5) is 14.5 Å². The molecule has 1 saturated heterocycles. The Kier molecular flexibility index (Phi) is 3.15. The maximum absolute atomic E-state index is 14.3. The molecule has 22 heavy (non-hydrogen) atoms. The SMILES string of the molecule is CC1=N[C@](CF)(c2cc(N)ccc2F)[C@H]2CC[C@]1(C)S2(=O)=O. The summed E-state index contributed by atoms with van der Waals surface area (Å²) in [5.41, 5.74) is 4.46. The van der Waals surface area contributed by atoms with Gasteiger partial charge in [0.1, 0.15) is 22.8 Å². The topological polar surface area (TPSA) is 72.5 Å². The van der Waals surface area contributed by atoms with Crippen LogP contribution < -0.4 is 5.73 Å². The fourth-order valence-electron chi connectivity index (χ4n) is 3.69. The Morgan fingerprint density at radius 1 is 1.45 bits per heavy atom. The summed E-state index contributed by atoms with van der Waals surface area (Å²) in [5.74, 6) is -0.686. The highest BCUT2D eigenvalue weighted by Gasteiger charge is 2.64. The first-order valence-electron chi connectivity index (χ1n) is 7.11. The molecule has 2 aliphatic heterocycles. The second kappa shape index (κ2) is 4.50. The van der Waals surface area contributed by atoms with Crippen LogP contribution in [-0.2, 0) is 15.4 Å². The molecule has 0 aliphatic carbocycles. The Morgan fingerprint density at radius 3 is 2.77 bits per heavy atom. The van der Waals surface area contributed by atoms with Crippen molar-refractivity contribution >= 4 is 21.2 Å². The van der Waals surface area contributed by atoms with Crippen molar-refractivity contribution in [1.82, 2.24) is 0 Å². The first-order chi connectivity index (χ1) is 10.2. The quantitative estimate of drug-likeness (QED) is 0.847. The highest BCUT2D eigenvalue weighted by molar-refractivity contribution is 7.94. The van der Waals surface area contributed by atoms with Crippen LogP contribution in [0.5, 0.6) is 0 Å². The number of anilines is 1. The summed E-state index contributed by atoms with van der Waals surface area (Å²) < 4.78 is 53.0. The first-order valence-corrected chi connectivity index (χ1v) is 8.65. The van der Waals surface area contributed by atoms with Crippen molar-refractivity contribution in [1.29, 1.82) is 0 Å². The number of hydrogen-bond acceptors (Lipinski definition) is 4. The lowest BCUT2D eigenvalue weighted by molar-refractivity contribution is 0.289. The molecule has 120 valence electrons. The first kappa shape index (κ1) is 15.4. The molecule has 0 radical (unpaired) electrons. The molecular formula is C15H18F2N2O2S. The van der Waals surface area contributed by atoms with Crippen molar-refractivity contribution in [2.45, 2.75) is 42.2 Å². The molecule has 2 aliphatic rings. The molecule has 0 spiro atoms. The van der Waals surface area contributed by atoms with E-state index in [1.54, 1.807) is 13.8 Å². The van der Waals surface area contributed by atoms with E-state index in [1.165, 1.54) is 12.1 Å². The van der Waals surface area contributed by atoms with E-state index in [2.05, 4.69) is 4.99 Å². The zero-order chi connectivity index (χ0) is 16.3. The average molecular weight is 328 g/mol. The monoisotopic (exact) mass is 328 g/mol.